The van der Waals surface area contributed by atoms with Crippen LogP contribution in [0.3, 0.4) is 0 Å². The van der Waals surface area contributed by atoms with Crippen LogP contribution in [0.1, 0.15) is 18.4 Å². The number of rotatable bonds is 7. The molecule has 2 aliphatic rings. The maximum atomic E-state index is 13.0. The maximum absolute atomic E-state index is 13.0. The first-order chi connectivity index (χ1) is 14.1. The average molecular weight is 396 g/mol. The highest BCUT2D eigenvalue weighted by atomic mass is 16.5. The number of benzene rings is 2. The zero-order valence-corrected chi connectivity index (χ0v) is 17.0. The van der Waals surface area contributed by atoms with Gasteiger partial charge in [-0.05, 0) is 54.8 Å². The summed E-state index contributed by atoms with van der Waals surface area (Å²) < 4.78 is 5.22. The molecule has 1 aliphatic carbocycles. The average Bonchev–Trinajstić information content (AvgIpc) is 3.59. The fraction of sp³-hybridized carbons (Fsp3) is 0.435. The van der Waals surface area contributed by atoms with Crippen LogP contribution in [0.25, 0.3) is 0 Å². The standard InChI is InChI=1S/C23H29N3O3/c1-29-22-10-2-18(3-11-22)16-26(20-4-5-20)23(28)17-24-12-14-25(15-13-24)19-6-8-21(27)9-7-19/h2-3,6-11,20,27H,4-5,12-17H2,1H3. The molecule has 1 saturated heterocycles. The predicted octanol–water partition coefficient (Wildman–Crippen LogP) is 2.71. The van der Waals surface area contributed by atoms with Gasteiger partial charge < -0.3 is 19.6 Å². The molecule has 1 heterocycles. The first-order valence-corrected chi connectivity index (χ1v) is 10.3. The van der Waals surface area contributed by atoms with Crippen molar-refractivity contribution in [3.8, 4) is 11.5 Å². The third kappa shape index (κ3) is 5.01. The molecule has 6 nitrogen and oxygen atoms in total. The molecule has 1 aliphatic heterocycles. The molecule has 0 unspecified atom stereocenters. The van der Waals surface area contributed by atoms with E-state index in [0.717, 1.165) is 56.0 Å². The van der Waals surface area contributed by atoms with Gasteiger partial charge in [-0.2, -0.15) is 0 Å². The Bertz CT molecular complexity index is 810. The van der Waals surface area contributed by atoms with Gasteiger partial charge in [-0.1, -0.05) is 12.1 Å². The van der Waals surface area contributed by atoms with Crippen LogP contribution in [-0.4, -0.2) is 66.7 Å². The number of phenolic OH excluding ortho intramolecular Hbond substituents is 1. The molecule has 1 saturated carbocycles. The highest BCUT2D eigenvalue weighted by molar-refractivity contribution is 5.79. The Balaban J connectivity index is 1.31. The summed E-state index contributed by atoms with van der Waals surface area (Å²) in [6.07, 6.45) is 2.22. The largest absolute Gasteiger partial charge is 0.508 e. The molecule has 1 amide bonds. The third-order valence-corrected chi connectivity index (χ3v) is 5.77. The zero-order chi connectivity index (χ0) is 20.2. The molecule has 0 aromatic heterocycles. The van der Waals surface area contributed by atoms with E-state index < -0.39 is 0 Å². The van der Waals surface area contributed by atoms with Gasteiger partial charge in [0, 0.05) is 44.5 Å². The van der Waals surface area contributed by atoms with Gasteiger partial charge in [0.2, 0.25) is 5.91 Å². The number of carbonyl (C=O) groups is 1. The van der Waals surface area contributed by atoms with Crippen LogP contribution in [0.5, 0.6) is 11.5 Å². The molecule has 2 aromatic rings. The minimum Gasteiger partial charge on any atom is -0.508 e. The molecule has 1 N–H and O–H groups in total. The second kappa shape index (κ2) is 8.74. The fourth-order valence-corrected chi connectivity index (χ4v) is 3.84. The van der Waals surface area contributed by atoms with Crippen LogP contribution in [0.2, 0.25) is 0 Å². The summed E-state index contributed by atoms with van der Waals surface area (Å²) in [6, 6.07) is 15.7. The molecule has 0 radical (unpaired) electrons. The van der Waals surface area contributed by atoms with Crippen molar-refractivity contribution in [3.05, 3.63) is 54.1 Å². The van der Waals surface area contributed by atoms with Gasteiger partial charge in [-0.3, -0.25) is 9.69 Å². The number of hydrogen-bond acceptors (Lipinski definition) is 5. The molecule has 4 rings (SSSR count). The fourth-order valence-electron chi connectivity index (χ4n) is 3.84. The van der Waals surface area contributed by atoms with Crippen LogP contribution < -0.4 is 9.64 Å². The van der Waals surface area contributed by atoms with E-state index in [2.05, 4.69) is 9.80 Å². The summed E-state index contributed by atoms with van der Waals surface area (Å²) in [5.74, 6) is 1.35. The summed E-state index contributed by atoms with van der Waals surface area (Å²) >= 11 is 0. The number of nitrogens with zero attached hydrogens (tertiary/aromatic N) is 3. The number of methoxy groups -OCH3 is 1. The van der Waals surface area contributed by atoms with Crippen molar-refractivity contribution in [2.75, 3.05) is 44.7 Å². The number of piperazine rings is 1. The number of phenols is 1. The van der Waals surface area contributed by atoms with Crippen molar-refractivity contribution in [1.29, 1.82) is 0 Å². The molecule has 0 atom stereocenters. The molecule has 2 aromatic carbocycles. The van der Waals surface area contributed by atoms with Gasteiger partial charge in [-0.15, -0.1) is 0 Å². The van der Waals surface area contributed by atoms with E-state index in [1.807, 2.05) is 41.3 Å². The molecule has 29 heavy (non-hydrogen) atoms. The summed E-state index contributed by atoms with van der Waals surface area (Å²) in [5, 5.41) is 9.45. The van der Waals surface area contributed by atoms with Crippen molar-refractivity contribution in [3.63, 3.8) is 0 Å². The van der Waals surface area contributed by atoms with E-state index in [-0.39, 0.29) is 11.7 Å². The topological polar surface area (TPSA) is 56.2 Å². The number of aromatic hydroxyl groups is 1. The Morgan fingerprint density at radius 2 is 1.69 bits per heavy atom. The normalized spacial score (nSPS) is 17.2. The molecular formula is C23H29N3O3. The monoisotopic (exact) mass is 395 g/mol. The highest BCUT2D eigenvalue weighted by Gasteiger charge is 2.33. The summed E-state index contributed by atoms with van der Waals surface area (Å²) in [5.41, 5.74) is 2.26. The lowest BCUT2D eigenvalue weighted by atomic mass is 10.2. The lowest BCUT2D eigenvalue weighted by Crippen LogP contribution is -2.50. The quantitative estimate of drug-likeness (QED) is 0.781. The first kappa shape index (κ1) is 19.6. The highest BCUT2D eigenvalue weighted by Crippen LogP contribution is 2.29. The summed E-state index contributed by atoms with van der Waals surface area (Å²) in [4.78, 5) is 19.6. The predicted molar refractivity (Wildman–Crippen MR) is 113 cm³/mol. The Labute approximate surface area is 172 Å². The number of ether oxygens (including phenoxy) is 1. The summed E-state index contributed by atoms with van der Waals surface area (Å²) in [6.45, 7) is 4.66. The van der Waals surface area contributed by atoms with Crippen LogP contribution >= 0.6 is 0 Å². The van der Waals surface area contributed by atoms with E-state index in [1.165, 1.54) is 0 Å². The minimum atomic E-state index is 0.224. The first-order valence-electron chi connectivity index (χ1n) is 10.3. The van der Waals surface area contributed by atoms with Crippen LogP contribution in [0.4, 0.5) is 5.69 Å². The number of amides is 1. The second-order valence-electron chi connectivity index (χ2n) is 7.88. The van der Waals surface area contributed by atoms with E-state index in [1.54, 1.807) is 19.2 Å². The van der Waals surface area contributed by atoms with Crippen molar-refractivity contribution in [2.45, 2.75) is 25.4 Å². The summed E-state index contributed by atoms with van der Waals surface area (Å²) in [7, 11) is 1.66. The lowest BCUT2D eigenvalue weighted by molar-refractivity contribution is -0.133. The Morgan fingerprint density at radius 1 is 1.03 bits per heavy atom. The molecule has 0 bridgehead atoms. The van der Waals surface area contributed by atoms with Crippen molar-refractivity contribution < 1.29 is 14.6 Å². The van der Waals surface area contributed by atoms with Gasteiger partial charge in [0.05, 0.1) is 13.7 Å². The molecule has 154 valence electrons. The molecule has 6 heteroatoms. The SMILES string of the molecule is COc1ccc(CN(C(=O)CN2CCN(c3ccc(O)cc3)CC2)C2CC2)cc1. The van der Waals surface area contributed by atoms with Crippen molar-refractivity contribution >= 4 is 11.6 Å². The van der Waals surface area contributed by atoms with Gasteiger partial charge >= 0.3 is 0 Å². The van der Waals surface area contributed by atoms with Gasteiger partial charge in [0.25, 0.3) is 0 Å². The van der Waals surface area contributed by atoms with Crippen LogP contribution in [0, 0.1) is 0 Å². The van der Waals surface area contributed by atoms with E-state index in [4.69, 9.17) is 4.74 Å². The smallest absolute Gasteiger partial charge is 0.237 e. The maximum Gasteiger partial charge on any atom is 0.237 e. The number of hydrogen-bond donors (Lipinski definition) is 1. The molecule has 2 fully saturated rings. The minimum absolute atomic E-state index is 0.224. The number of anilines is 1. The Kier molecular flexibility index (Phi) is 5.90. The van der Waals surface area contributed by atoms with Crippen LogP contribution in [-0.2, 0) is 11.3 Å². The molecular weight excluding hydrogens is 366 g/mol. The van der Waals surface area contributed by atoms with E-state index in [9.17, 15) is 9.90 Å². The van der Waals surface area contributed by atoms with Gasteiger partial charge in [0.1, 0.15) is 11.5 Å². The van der Waals surface area contributed by atoms with E-state index in [0.29, 0.717) is 19.1 Å². The Hall–Kier alpha value is -2.73. The lowest BCUT2D eigenvalue weighted by Gasteiger charge is -2.36. The van der Waals surface area contributed by atoms with Gasteiger partial charge in [0.15, 0.2) is 0 Å². The second-order valence-corrected chi connectivity index (χ2v) is 7.88. The number of carbonyl (C=O) groups excluding carboxylic acids is 1. The van der Waals surface area contributed by atoms with Crippen molar-refractivity contribution in [1.82, 2.24) is 9.80 Å². The molecule has 0 spiro atoms. The van der Waals surface area contributed by atoms with Gasteiger partial charge in [-0.25, -0.2) is 0 Å². The Morgan fingerprint density at radius 3 is 2.28 bits per heavy atom. The van der Waals surface area contributed by atoms with E-state index >= 15 is 0 Å². The van der Waals surface area contributed by atoms with Crippen LogP contribution in [0.15, 0.2) is 48.5 Å². The zero-order valence-electron chi connectivity index (χ0n) is 17.0. The third-order valence-electron chi connectivity index (χ3n) is 5.77. The van der Waals surface area contributed by atoms with Crippen molar-refractivity contribution in [2.24, 2.45) is 0 Å².